The van der Waals surface area contributed by atoms with Gasteiger partial charge in [0.15, 0.2) is 11.5 Å². The van der Waals surface area contributed by atoms with Crippen LogP contribution in [0.3, 0.4) is 0 Å². The summed E-state index contributed by atoms with van der Waals surface area (Å²) in [7, 11) is 4.58. The lowest BCUT2D eigenvalue weighted by Gasteiger charge is -2.14. The first-order chi connectivity index (χ1) is 18.5. The molecule has 3 aromatic carbocycles. The maximum absolute atomic E-state index is 12.8. The molecule has 0 fully saturated rings. The number of amides is 1. The number of aryl methyl sites for hydroxylation is 2. The zero-order chi connectivity index (χ0) is 27.1. The molecule has 1 aromatic heterocycles. The predicted octanol–water partition coefficient (Wildman–Crippen LogP) is 5.12. The molecule has 0 spiro atoms. The molecule has 0 saturated carbocycles. The van der Waals surface area contributed by atoms with E-state index in [1.807, 2.05) is 30.3 Å². The Labute approximate surface area is 223 Å². The summed E-state index contributed by atoms with van der Waals surface area (Å²) in [6, 6.07) is 17.5. The van der Waals surface area contributed by atoms with Gasteiger partial charge >= 0.3 is 0 Å². The zero-order valence-electron chi connectivity index (χ0n) is 22.7. The standard InChI is InChI=1S/C30H35N3O5/c1-20-10-8-13-25(21(20)2)38-17-16-33-24-12-7-6-11-23(24)32-28(33)14-9-15-31-30(34)22-18-26(35-3)29(37-5)27(19-22)36-4/h6-8,10-13,18-19H,9,14-17H2,1-5H3,(H,31,34). The summed E-state index contributed by atoms with van der Waals surface area (Å²) in [5.41, 5.74) is 4.84. The Morgan fingerprint density at radius 1 is 0.921 bits per heavy atom. The van der Waals surface area contributed by atoms with Crippen molar-refractivity contribution in [3.63, 3.8) is 0 Å². The smallest absolute Gasteiger partial charge is 0.251 e. The van der Waals surface area contributed by atoms with Crippen LogP contribution in [-0.4, -0.2) is 49.9 Å². The summed E-state index contributed by atoms with van der Waals surface area (Å²) in [6.45, 7) is 5.88. The Morgan fingerprint density at radius 2 is 1.66 bits per heavy atom. The number of carbonyl (C=O) groups excluding carboxylic acids is 1. The Bertz CT molecular complexity index is 1390. The summed E-state index contributed by atoms with van der Waals surface area (Å²) in [6.07, 6.45) is 1.45. The fraction of sp³-hybridized carbons (Fsp3) is 0.333. The number of imidazole rings is 1. The average Bonchev–Trinajstić information content (AvgIpc) is 3.29. The number of nitrogens with zero attached hydrogens (tertiary/aromatic N) is 2. The summed E-state index contributed by atoms with van der Waals surface area (Å²) in [5.74, 6) is 3.00. The van der Waals surface area contributed by atoms with Gasteiger partial charge in [-0.1, -0.05) is 24.3 Å². The molecule has 8 heteroatoms. The van der Waals surface area contributed by atoms with Gasteiger partial charge in [-0.15, -0.1) is 0 Å². The van der Waals surface area contributed by atoms with E-state index in [1.165, 1.54) is 26.9 Å². The Kier molecular flexibility index (Phi) is 8.73. The van der Waals surface area contributed by atoms with E-state index in [2.05, 4.69) is 35.9 Å². The van der Waals surface area contributed by atoms with Gasteiger partial charge in [-0.05, 0) is 61.7 Å². The fourth-order valence-electron chi connectivity index (χ4n) is 4.46. The predicted molar refractivity (Wildman–Crippen MR) is 148 cm³/mol. The highest BCUT2D eigenvalue weighted by molar-refractivity contribution is 5.95. The first-order valence-electron chi connectivity index (χ1n) is 12.7. The normalized spacial score (nSPS) is 10.9. The molecule has 4 aromatic rings. The summed E-state index contributed by atoms with van der Waals surface area (Å²) in [5, 5.41) is 2.99. The van der Waals surface area contributed by atoms with Crippen LogP contribution in [0.4, 0.5) is 0 Å². The highest BCUT2D eigenvalue weighted by Gasteiger charge is 2.17. The molecule has 0 bridgehead atoms. The molecule has 0 atom stereocenters. The van der Waals surface area contributed by atoms with Crippen LogP contribution >= 0.6 is 0 Å². The molecule has 1 amide bonds. The van der Waals surface area contributed by atoms with Crippen molar-refractivity contribution in [2.75, 3.05) is 34.5 Å². The van der Waals surface area contributed by atoms with E-state index in [4.69, 9.17) is 23.9 Å². The fourth-order valence-corrected chi connectivity index (χ4v) is 4.46. The molecule has 0 aliphatic heterocycles. The average molecular weight is 518 g/mol. The van der Waals surface area contributed by atoms with Gasteiger partial charge in [0, 0.05) is 18.5 Å². The van der Waals surface area contributed by atoms with E-state index < -0.39 is 0 Å². The SMILES string of the molecule is COc1cc(C(=O)NCCCc2nc3ccccc3n2CCOc2cccc(C)c2C)cc(OC)c1OC. The summed E-state index contributed by atoms with van der Waals surface area (Å²) >= 11 is 0. The number of fused-ring (bicyclic) bond motifs is 1. The van der Waals surface area contributed by atoms with Crippen molar-refractivity contribution in [1.29, 1.82) is 0 Å². The minimum Gasteiger partial charge on any atom is -0.493 e. The molecule has 0 saturated heterocycles. The van der Waals surface area contributed by atoms with E-state index in [0.717, 1.165) is 34.6 Å². The second-order valence-corrected chi connectivity index (χ2v) is 8.99. The van der Waals surface area contributed by atoms with Crippen LogP contribution in [0.25, 0.3) is 11.0 Å². The topological polar surface area (TPSA) is 83.8 Å². The van der Waals surface area contributed by atoms with Crippen molar-refractivity contribution in [2.24, 2.45) is 0 Å². The first kappa shape index (κ1) is 26.9. The van der Waals surface area contributed by atoms with Gasteiger partial charge in [0.1, 0.15) is 18.2 Å². The lowest BCUT2D eigenvalue weighted by molar-refractivity contribution is 0.0952. The van der Waals surface area contributed by atoms with Gasteiger partial charge in [-0.25, -0.2) is 4.98 Å². The van der Waals surface area contributed by atoms with Crippen molar-refractivity contribution in [3.05, 3.63) is 77.1 Å². The van der Waals surface area contributed by atoms with Crippen LogP contribution < -0.4 is 24.3 Å². The third kappa shape index (κ3) is 5.85. The maximum Gasteiger partial charge on any atom is 0.251 e. The number of hydrogen-bond donors (Lipinski definition) is 1. The van der Waals surface area contributed by atoms with Crippen molar-refractivity contribution < 1.29 is 23.7 Å². The molecular formula is C30H35N3O5. The van der Waals surface area contributed by atoms with Crippen LogP contribution in [-0.2, 0) is 13.0 Å². The van der Waals surface area contributed by atoms with Crippen LogP contribution in [0.2, 0.25) is 0 Å². The highest BCUT2D eigenvalue weighted by Crippen LogP contribution is 2.38. The van der Waals surface area contributed by atoms with Gasteiger partial charge in [0.2, 0.25) is 5.75 Å². The second kappa shape index (κ2) is 12.4. The molecule has 0 aliphatic rings. The molecule has 0 aliphatic carbocycles. The third-order valence-corrected chi connectivity index (χ3v) is 6.65. The zero-order valence-corrected chi connectivity index (χ0v) is 22.7. The highest BCUT2D eigenvalue weighted by atomic mass is 16.5. The monoisotopic (exact) mass is 517 g/mol. The Hall–Kier alpha value is -4.20. The number of benzene rings is 3. The number of hydrogen-bond acceptors (Lipinski definition) is 6. The number of para-hydroxylation sites is 2. The first-order valence-corrected chi connectivity index (χ1v) is 12.7. The van der Waals surface area contributed by atoms with E-state index in [1.54, 1.807) is 12.1 Å². The third-order valence-electron chi connectivity index (χ3n) is 6.65. The number of aromatic nitrogens is 2. The second-order valence-electron chi connectivity index (χ2n) is 8.99. The molecule has 4 rings (SSSR count). The largest absolute Gasteiger partial charge is 0.493 e. The Balaban J connectivity index is 1.39. The molecule has 200 valence electrons. The van der Waals surface area contributed by atoms with Crippen molar-refractivity contribution in [2.45, 2.75) is 33.2 Å². The lowest BCUT2D eigenvalue weighted by atomic mass is 10.1. The number of carbonyl (C=O) groups is 1. The molecule has 8 nitrogen and oxygen atoms in total. The van der Waals surface area contributed by atoms with Crippen molar-refractivity contribution in [3.8, 4) is 23.0 Å². The number of rotatable bonds is 12. The van der Waals surface area contributed by atoms with Gasteiger partial charge in [0.25, 0.3) is 5.91 Å². The van der Waals surface area contributed by atoms with Crippen molar-refractivity contribution in [1.82, 2.24) is 14.9 Å². The molecule has 1 N–H and O–H groups in total. The molecular weight excluding hydrogens is 482 g/mol. The minimum atomic E-state index is -0.209. The van der Waals surface area contributed by atoms with Gasteiger partial charge in [-0.3, -0.25) is 4.79 Å². The summed E-state index contributed by atoms with van der Waals surface area (Å²) in [4.78, 5) is 17.7. The van der Waals surface area contributed by atoms with E-state index in [0.29, 0.717) is 48.9 Å². The van der Waals surface area contributed by atoms with Crippen LogP contribution in [0, 0.1) is 13.8 Å². The molecule has 0 unspecified atom stereocenters. The minimum absolute atomic E-state index is 0.209. The lowest BCUT2D eigenvalue weighted by Crippen LogP contribution is -2.25. The van der Waals surface area contributed by atoms with Gasteiger partial charge in [-0.2, -0.15) is 0 Å². The van der Waals surface area contributed by atoms with Crippen LogP contribution in [0.1, 0.15) is 33.7 Å². The van der Waals surface area contributed by atoms with Crippen LogP contribution in [0.5, 0.6) is 23.0 Å². The summed E-state index contributed by atoms with van der Waals surface area (Å²) < 4.78 is 24.4. The quantitative estimate of drug-likeness (QED) is 0.263. The van der Waals surface area contributed by atoms with Crippen LogP contribution in [0.15, 0.2) is 54.6 Å². The number of nitrogens with one attached hydrogen (secondary N) is 1. The van der Waals surface area contributed by atoms with E-state index in [-0.39, 0.29) is 5.91 Å². The number of ether oxygens (including phenoxy) is 4. The van der Waals surface area contributed by atoms with E-state index >= 15 is 0 Å². The van der Waals surface area contributed by atoms with Gasteiger partial charge in [0.05, 0.1) is 38.9 Å². The molecule has 0 radical (unpaired) electrons. The van der Waals surface area contributed by atoms with Crippen molar-refractivity contribution >= 4 is 16.9 Å². The van der Waals surface area contributed by atoms with Gasteiger partial charge < -0.3 is 28.8 Å². The van der Waals surface area contributed by atoms with E-state index in [9.17, 15) is 4.79 Å². The molecule has 38 heavy (non-hydrogen) atoms. The number of methoxy groups -OCH3 is 3. The maximum atomic E-state index is 12.8. The Morgan fingerprint density at radius 3 is 2.37 bits per heavy atom. The molecule has 1 heterocycles.